The van der Waals surface area contributed by atoms with E-state index in [9.17, 15) is 9.59 Å². The number of hydrogen-bond acceptors (Lipinski definition) is 4. The number of nitrogens with one attached hydrogen (secondary N) is 2. The van der Waals surface area contributed by atoms with Crippen LogP contribution in [-0.2, 0) is 16.2 Å². The first-order chi connectivity index (χ1) is 11.2. The van der Waals surface area contributed by atoms with E-state index in [0.717, 1.165) is 5.56 Å². The predicted molar refractivity (Wildman–Crippen MR) is 85.8 cm³/mol. The van der Waals surface area contributed by atoms with Gasteiger partial charge in [-0.2, -0.15) is 5.48 Å². The number of carbonyl (C=O) groups is 2. The molecule has 0 saturated carbocycles. The van der Waals surface area contributed by atoms with Gasteiger partial charge in [0.1, 0.15) is 5.75 Å². The highest BCUT2D eigenvalue weighted by atomic mass is 16.7. The van der Waals surface area contributed by atoms with E-state index in [2.05, 4.69) is 10.8 Å². The van der Waals surface area contributed by atoms with Gasteiger partial charge < -0.3 is 10.1 Å². The Morgan fingerprint density at radius 1 is 1.00 bits per heavy atom. The Labute approximate surface area is 134 Å². The van der Waals surface area contributed by atoms with E-state index in [1.807, 2.05) is 30.3 Å². The summed E-state index contributed by atoms with van der Waals surface area (Å²) in [6.07, 6.45) is -0.314. The average molecular weight is 314 g/mol. The van der Waals surface area contributed by atoms with Gasteiger partial charge in [-0.3, -0.25) is 9.63 Å². The monoisotopic (exact) mass is 314 g/mol. The molecule has 2 amide bonds. The molecule has 0 unspecified atom stereocenters. The van der Waals surface area contributed by atoms with Crippen molar-refractivity contribution in [1.82, 2.24) is 5.48 Å². The van der Waals surface area contributed by atoms with Crippen molar-refractivity contribution >= 4 is 17.7 Å². The van der Waals surface area contributed by atoms with Crippen LogP contribution >= 0.6 is 0 Å². The van der Waals surface area contributed by atoms with Crippen molar-refractivity contribution in [3.8, 4) is 5.75 Å². The van der Waals surface area contributed by atoms with Crippen molar-refractivity contribution in [2.45, 2.75) is 20.0 Å². The number of ether oxygens (including phenoxy) is 1. The Morgan fingerprint density at radius 3 is 2.35 bits per heavy atom. The fourth-order valence-corrected chi connectivity index (χ4v) is 1.74. The molecule has 2 rings (SSSR count). The first kappa shape index (κ1) is 16.5. The standard InChI is InChI=1S/C17H18N2O4/c1-2-16(20)18-14-8-10-15(11-9-14)23-17(21)19-22-12-13-6-4-3-5-7-13/h3-11H,2,12H2,1H3,(H,18,20)(H,19,21). The van der Waals surface area contributed by atoms with Gasteiger partial charge in [0.2, 0.25) is 5.91 Å². The molecule has 0 saturated heterocycles. The van der Waals surface area contributed by atoms with Gasteiger partial charge in [-0.25, -0.2) is 4.79 Å². The SMILES string of the molecule is CCC(=O)Nc1ccc(OC(=O)NOCc2ccccc2)cc1. The van der Waals surface area contributed by atoms with E-state index in [1.165, 1.54) is 0 Å². The number of anilines is 1. The largest absolute Gasteiger partial charge is 0.436 e. The van der Waals surface area contributed by atoms with E-state index in [-0.39, 0.29) is 12.5 Å². The highest BCUT2D eigenvalue weighted by molar-refractivity contribution is 5.90. The zero-order valence-electron chi connectivity index (χ0n) is 12.7. The zero-order valence-corrected chi connectivity index (χ0v) is 12.7. The summed E-state index contributed by atoms with van der Waals surface area (Å²) < 4.78 is 5.05. The number of rotatable bonds is 6. The van der Waals surface area contributed by atoms with E-state index in [0.29, 0.717) is 17.9 Å². The molecule has 0 radical (unpaired) electrons. The minimum Gasteiger partial charge on any atom is -0.409 e. The smallest absolute Gasteiger partial charge is 0.409 e. The van der Waals surface area contributed by atoms with Crippen LogP contribution in [0.1, 0.15) is 18.9 Å². The Morgan fingerprint density at radius 2 is 1.70 bits per heavy atom. The first-order valence-electron chi connectivity index (χ1n) is 7.21. The molecule has 0 atom stereocenters. The summed E-state index contributed by atoms with van der Waals surface area (Å²) in [5, 5.41) is 2.70. The van der Waals surface area contributed by atoms with Crippen molar-refractivity contribution < 1.29 is 19.2 Å². The topological polar surface area (TPSA) is 76.7 Å². The first-order valence-corrected chi connectivity index (χ1v) is 7.21. The van der Waals surface area contributed by atoms with Gasteiger partial charge in [-0.15, -0.1) is 0 Å². The highest BCUT2D eigenvalue weighted by Gasteiger charge is 2.05. The number of carbonyl (C=O) groups excluding carboxylic acids is 2. The van der Waals surface area contributed by atoms with E-state index >= 15 is 0 Å². The molecule has 0 heterocycles. The Kier molecular flexibility index (Phi) is 6.14. The molecule has 0 aliphatic carbocycles. The third-order valence-corrected chi connectivity index (χ3v) is 2.91. The van der Waals surface area contributed by atoms with Crippen LogP contribution in [0, 0.1) is 0 Å². The second-order valence-corrected chi connectivity index (χ2v) is 4.69. The van der Waals surface area contributed by atoms with Crippen molar-refractivity contribution in [3.63, 3.8) is 0 Å². The third kappa shape index (κ3) is 5.80. The van der Waals surface area contributed by atoms with Crippen LogP contribution in [0.25, 0.3) is 0 Å². The molecule has 2 aromatic rings. The molecular weight excluding hydrogens is 296 g/mol. The lowest BCUT2D eigenvalue weighted by molar-refractivity contribution is -0.115. The van der Waals surface area contributed by atoms with Gasteiger partial charge in [-0.1, -0.05) is 37.3 Å². The summed E-state index contributed by atoms with van der Waals surface area (Å²) in [7, 11) is 0. The van der Waals surface area contributed by atoms with Crippen molar-refractivity contribution in [1.29, 1.82) is 0 Å². The minimum absolute atomic E-state index is 0.0780. The third-order valence-electron chi connectivity index (χ3n) is 2.91. The quantitative estimate of drug-likeness (QED) is 0.802. The maximum atomic E-state index is 11.6. The number of amides is 2. The van der Waals surface area contributed by atoms with Crippen LogP contribution in [0.4, 0.5) is 10.5 Å². The van der Waals surface area contributed by atoms with Crippen LogP contribution in [0.3, 0.4) is 0 Å². The summed E-state index contributed by atoms with van der Waals surface area (Å²) in [6, 6.07) is 15.9. The Bertz CT molecular complexity index is 641. The van der Waals surface area contributed by atoms with Crippen LogP contribution in [0.15, 0.2) is 54.6 Å². The molecule has 0 fully saturated rings. The maximum Gasteiger partial charge on any atom is 0.436 e. The summed E-state index contributed by atoms with van der Waals surface area (Å²) in [5.74, 6) is 0.269. The van der Waals surface area contributed by atoms with Gasteiger partial charge in [0.05, 0.1) is 6.61 Å². The van der Waals surface area contributed by atoms with E-state index in [4.69, 9.17) is 9.57 Å². The lowest BCUT2D eigenvalue weighted by Gasteiger charge is -2.08. The van der Waals surface area contributed by atoms with Crippen LogP contribution in [0.2, 0.25) is 0 Å². The minimum atomic E-state index is -0.716. The van der Waals surface area contributed by atoms with Gasteiger partial charge in [0, 0.05) is 12.1 Å². The summed E-state index contributed by atoms with van der Waals surface area (Å²) >= 11 is 0. The second-order valence-electron chi connectivity index (χ2n) is 4.69. The van der Waals surface area contributed by atoms with E-state index < -0.39 is 6.09 Å². The molecule has 0 aliphatic rings. The Balaban J connectivity index is 1.75. The molecule has 0 aromatic heterocycles. The second kappa shape index (κ2) is 8.55. The summed E-state index contributed by atoms with van der Waals surface area (Å²) in [4.78, 5) is 27.9. The molecular formula is C17H18N2O4. The fourth-order valence-electron chi connectivity index (χ4n) is 1.74. The van der Waals surface area contributed by atoms with Gasteiger partial charge in [-0.05, 0) is 29.8 Å². The number of hydrogen-bond donors (Lipinski definition) is 2. The average Bonchev–Trinajstić information content (AvgIpc) is 2.57. The van der Waals surface area contributed by atoms with Crippen LogP contribution < -0.4 is 15.5 Å². The predicted octanol–water partition coefficient (Wildman–Crippen LogP) is 3.26. The van der Waals surface area contributed by atoms with Gasteiger partial charge >= 0.3 is 6.09 Å². The van der Waals surface area contributed by atoms with Gasteiger partial charge in [0.15, 0.2) is 0 Å². The highest BCUT2D eigenvalue weighted by Crippen LogP contribution is 2.16. The maximum absolute atomic E-state index is 11.6. The zero-order chi connectivity index (χ0) is 16.5. The Hall–Kier alpha value is -2.86. The van der Waals surface area contributed by atoms with Crippen LogP contribution in [0.5, 0.6) is 5.75 Å². The van der Waals surface area contributed by atoms with Gasteiger partial charge in [0.25, 0.3) is 0 Å². The molecule has 0 spiro atoms. The molecule has 0 aliphatic heterocycles. The molecule has 2 N–H and O–H groups in total. The number of benzene rings is 2. The summed E-state index contributed by atoms with van der Waals surface area (Å²) in [5.41, 5.74) is 3.78. The van der Waals surface area contributed by atoms with Crippen molar-refractivity contribution in [2.75, 3.05) is 5.32 Å². The summed E-state index contributed by atoms with van der Waals surface area (Å²) in [6.45, 7) is 2.02. The fraction of sp³-hybridized carbons (Fsp3) is 0.176. The molecule has 2 aromatic carbocycles. The molecule has 6 heteroatoms. The van der Waals surface area contributed by atoms with Crippen LogP contribution in [-0.4, -0.2) is 12.0 Å². The van der Waals surface area contributed by atoms with E-state index in [1.54, 1.807) is 31.2 Å². The number of hydroxylamine groups is 1. The lowest BCUT2D eigenvalue weighted by atomic mass is 10.2. The molecule has 23 heavy (non-hydrogen) atoms. The van der Waals surface area contributed by atoms with Crippen molar-refractivity contribution in [3.05, 3.63) is 60.2 Å². The van der Waals surface area contributed by atoms with Crippen molar-refractivity contribution in [2.24, 2.45) is 0 Å². The normalized spacial score (nSPS) is 9.96. The molecule has 120 valence electrons. The molecule has 6 nitrogen and oxygen atoms in total. The lowest BCUT2D eigenvalue weighted by Crippen LogP contribution is -2.26. The molecule has 0 bridgehead atoms.